The smallest absolute Gasteiger partial charge is 0.259 e. The first-order valence-corrected chi connectivity index (χ1v) is 8.89. The lowest BCUT2D eigenvalue weighted by molar-refractivity contribution is 0.102. The van der Waals surface area contributed by atoms with Gasteiger partial charge in [0, 0.05) is 17.6 Å². The van der Waals surface area contributed by atoms with E-state index in [1.807, 2.05) is 31.2 Å². The van der Waals surface area contributed by atoms with Gasteiger partial charge in [0.1, 0.15) is 5.75 Å². The number of aryl methyl sites for hydroxylation is 1. The molecular weight excluding hydrogens is 368 g/mol. The van der Waals surface area contributed by atoms with Gasteiger partial charge < -0.3 is 15.0 Å². The molecule has 2 aromatic carbocycles. The van der Waals surface area contributed by atoms with E-state index in [1.54, 1.807) is 13.2 Å². The number of hydrogen-bond acceptors (Lipinski definition) is 3. The fourth-order valence-corrected chi connectivity index (χ4v) is 3.74. The van der Waals surface area contributed by atoms with E-state index in [1.165, 1.54) is 12.8 Å². The van der Waals surface area contributed by atoms with Gasteiger partial charge in [-0.15, -0.1) is 0 Å². The van der Waals surface area contributed by atoms with Crippen LogP contribution in [0.3, 0.4) is 0 Å². The van der Waals surface area contributed by atoms with E-state index >= 15 is 0 Å². The molecule has 4 nitrogen and oxygen atoms in total. The lowest BCUT2D eigenvalue weighted by atomic mass is 10.1. The molecule has 1 heterocycles. The molecule has 5 heteroatoms. The Labute approximate surface area is 150 Å². The van der Waals surface area contributed by atoms with Gasteiger partial charge in [-0.3, -0.25) is 4.79 Å². The number of methoxy groups -OCH3 is 1. The Hall–Kier alpha value is -2.01. The molecule has 0 saturated carbocycles. The van der Waals surface area contributed by atoms with Crippen molar-refractivity contribution in [3.05, 3.63) is 52.0 Å². The normalized spacial score (nSPS) is 13.9. The maximum Gasteiger partial charge on any atom is 0.259 e. The molecule has 126 valence electrons. The van der Waals surface area contributed by atoms with Crippen LogP contribution in [0.25, 0.3) is 0 Å². The molecule has 0 bridgehead atoms. The highest BCUT2D eigenvalue weighted by molar-refractivity contribution is 9.10. The van der Waals surface area contributed by atoms with Gasteiger partial charge in [-0.2, -0.15) is 0 Å². The van der Waals surface area contributed by atoms with E-state index in [2.05, 4.69) is 32.2 Å². The molecule has 24 heavy (non-hydrogen) atoms. The van der Waals surface area contributed by atoms with Gasteiger partial charge in [-0.1, -0.05) is 28.1 Å². The minimum absolute atomic E-state index is 0.164. The fraction of sp³-hybridized carbons (Fsp3) is 0.316. The lowest BCUT2D eigenvalue weighted by Gasteiger charge is -2.22. The maximum absolute atomic E-state index is 12.8. The SMILES string of the molecule is COc1c(C)cc(Br)cc1C(=O)Nc1ccccc1N1CCCC1. The minimum Gasteiger partial charge on any atom is -0.496 e. The molecule has 1 amide bonds. The lowest BCUT2D eigenvalue weighted by Crippen LogP contribution is -2.21. The summed E-state index contributed by atoms with van der Waals surface area (Å²) in [6.07, 6.45) is 2.39. The third-order valence-corrected chi connectivity index (χ3v) is 4.74. The summed E-state index contributed by atoms with van der Waals surface area (Å²) in [4.78, 5) is 15.2. The van der Waals surface area contributed by atoms with Crippen molar-refractivity contribution in [3.63, 3.8) is 0 Å². The molecule has 1 aliphatic rings. The van der Waals surface area contributed by atoms with Crippen molar-refractivity contribution in [2.75, 3.05) is 30.4 Å². The van der Waals surface area contributed by atoms with Crippen LogP contribution < -0.4 is 15.0 Å². The highest BCUT2D eigenvalue weighted by atomic mass is 79.9. The second-order valence-electron chi connectivity index (χ2n) is 5.97. The Morgan fingerprint density at radius 2 is 1.92 bits per heavy atom. The molecule has 0 unspecified atom stereocenters. The van der Waals surface area contributed by atoms with Crippen LogP contribution in [-0.4, -0.2) is 26.1 Å². The van der Waals surface area contributed by atoms with Crippen LogP contribution in [0.2, 0.25) is 0 Å². The van der Waals surface area contributed by atoms with Crippen molar-refractivity contribution >= 4 is 33.2 Å². The number of para-hydroxylation sites is 2. The molecule has 1 aliphatic heterocycles. The van der Waals surface area contributed by atoms with Crippen LogP contribution in [-0.2, 0) is 0 Å². The molecule has 0 radical (unpaired) electrons. The zero-order chi connectivity index (χ0) is 17.1. The summed E-state index contributed by atoms with van der Waals surface area (Å²) < 4.78 is 6.29. The van der Waals surface area contributed by atoms with Gasteiger partial charge in [0.15, 0.2) is 0 Å². The molecule has 1 saturated heterocycles. The number of nitrogens with zero attached hydrogens (tertiary/aromatic N) is 1. The van der Waals surface area contributed by atoms with Crippen LogP contribution in [0.1, 0.15) is 28.8 Å². The monoisotopic (exact) mass is 388 g/mol. The summed E-state index contributed by atoms with van der Waals surface area (Å²) in [5, 5.41) is 3.05. The quantitative estimate of drug-likeness (QED) is 0.830. The van der Waals surface area contributed by atoms with Gasteiger partial charge in [0.25, 0.3) is 5.91 Å². The van der Waals surface area contributed by atoms with Gasteiger partial charge >= 0.3 is 0 Å². The van der Waals surface area contributed by atoms with Gasteiger partial charge in [-0.05, 0) is 49.6 Å². The molecule has 0 spiro atoms. The van der Waals surface area contributed by atoms with Crippen LogP contribution >= 0.6 is 15.9 Å². The predicted octanol–water partition coefficient (Wildman–Crippen LogP) is 4.62. The van der Waals surface area contributed by atoms with Crippen LogP contribution in [0.15, 0.2) is 40.9 Å². The first-order valence-electron chi connectivity index (χ1n) is 8.09. The summed E-state index contributed by atoms with van der Waals surface area (Å²) in [6, 6.07) is 11.7. The number of rotatable bonds is 4. The zero-order valence-electron chi connectivity index (χ0n) is 13.9. The third-order valence-electron chi connectivity index (χ3n) is 4.29. The second-order valence-corrected chi connectivity index (χ2v) is 6.88. The average molecular weight is 389 g/mol. The number of halogens is 1. The van der Waals surface area contributed by atoms with Crippen LogP contribution in [0, 0.1) is 6.92 Å². The van der Waals surface area contributed by atoms with E-state index in [-0.39, 0.29) is 5.91 Å². The molecule has 3 rings (SSSR count). The van der Waals surface area contributed by atoms with Crippen LogP contribution in [0.4, 0.5) is 11.4 Å². The number of ether oxygens (including phenoxy) is 1. The van der Waals surface area contributed by atoms with Gasteiger partial charge in [0.2, 0.25) is 0 Å². The van der Waals surface area contributed by atoms with E-state index in [0.717, 1.165) is 34.5 Å². The summed E-state index contributed by atoms with van der Waals surface area (Å²) in [5.41, 5.74) is 3.36. The van der Waals surface area contributed by atoms with Gasteiger partial charge in [0.05, 0.1) is 24.0 Å². The number of nitrogens with one attached hydrogen (secondary N) is 1. The molecule has 0 aromatic heterocycles. The average Bonchev–Trinajstić information content (AvgIpc) is 3.09. The Morgan fingerprint density at radius 3 is 2.62 bits per heavy atom. The number of anilines is 2. The Kier molecular flexibility index (Phi) is 5.09. The van der Waals surface area contributed by atoms with Crippen molar-refractivity contribution in [2.24, 2.45) is 0 Å². The molecule has 1 N–H and O–H groups in total. The largest absolute Gasteiger partial charge is 0.496 e. The highest BCUT2D eigenvalue weighted by Gasteiger charge is 2.19. The Balaban J connectivity index is 1.91. The van der Waals surface area contributed by atoms with E-state index < -0.39 is 0 Å². The first kappa shape index (κ1) is 16.8. The van der Waals surface area contributed by atoms with Crippen LogP contribution in [0.5, 0.6) is 5.75 Å². The topological polar surface area (TPSA) is 41.6 Å². The number of benzene rings is 2. The predicted molar refractivity (Wildman–Crippen MR) is 101 cm³/mol. The first-order chi connectivity index (χ1) is 11.6. The second kappa shape index (κ2) is 7.26. The Morgan fingerprint density at radius 1 is 1.21 bits per heavy atom. The number of hydrogen-bond donors (Lipinski definition) is 1. The van der Waals surface area contributed by atoms with Crippen molar-refractivity contribution in [3.8, 4) is 5.75 Å². The standard InChI is InChI=1S/C19H21BrN2O2/c1-13-11-14(20)12-15(18(13)24-2)19(23)21-16-7-3-4-8-17(16)22-9-5-6-10-22/h3-4,7-8,11-12H,5-6,9-10H2,1-2H3,(H,21,23). The summed E-state index contributed by atoms with van der Waals surface area (Å²) in [6.45, 7) is 4.00. The summed E-state index contributed by atoms with van der Waals surface area (Å²) >= 11 is 3.45. The Bertz CT molecular complexity index is 755. The molecule has 2 aromatic rings. The van der Waals surface area contributed by atoms with Crippen molar-refractivity contribution in [1.82, 2.24) is 0 Å². The summed E-state index contributed by atoms with van der Waals surface area (Å²) in [5.74, 6) is 0.442. The molecule has 0 aliphatic carbocycles. The van der Waals surface area contributed by atoms with E-state index in [9.17, 15) is 4.79 Å². The highest BCUT2D eigenvalue weighted by Crippen LogP contribution is 2.32. The van der Waals surface area contributed by atoms with Gasteiger partial charge in [-0.25, -0.2) is 0 Å². The minimum atomic E-state index is -0.164. The number of carbonyl (C=O) groups excluding carboxylic acids is 1. The van der Waals surface area contributed by atoms with E-state index in [0.29, 0.717) is 11.3 Å². The van der Waals surface area contributed by atoms with Crippen molar-refractivity contribution < 1.29 is 9.53 Å². The zero-order valence-corrected chi connectivity index (χ0v) is 15.5. The molecule has 0 atom stereocenters. The van der Waals surface area contributed by atoms with Crippen molar-refractivity contribution in [2.45, 2.75) is 19.8 Å². The van der Waals surface area contributed by atoms with Crippen molar-refractivity contribution in [1.29, 1.82) is 0 Å². The molecule has 1 fully saturated rings. The summed E-state index contributed by atoms with van der Waals surface area (Å²) in [7, 11) is 1.59. The number of carbonyl (C=O) groups is 1. The molecular formula is C19H21BrN2O2. The number of amides is 1. The third kappa shape index (κ3) is 3.41. The van der Waals surface area contributed by atoms with E-state index in [4.69, 9.17) is 4.74 Å². The fourth-order valence-electron chi connectivity index (χ4n) is 3.17. The maximum atomic E-state index is 12.8.